The SMILES string of the molecule is CCCCC(CN(O)C=O)C(=O)NCC(=O)CC(N)c1ccc(C#N)cc1. The maximum Gasteiger partial charge on any atom is 0.233 e. The van der Waals surface area contributed by atoms with E-state index in [0.717, 1.165) is 18.4 Å². The Labute approximate surface area is 158 Å². The number of benzene rings is 1. The largest absolute Gasteiger partial charge is 0.349 e. The van der Waals surface area contributed by atoms with Crippen molar-refractivity contribution in [3.8, 4) is 6.07 Å². The summed E-state index contributed by atoms with van der Waals surface area (Å²) in [4.78, 5) is 34.9. The first kappa shape index (κ1) is 22.3. The monoisotopic (exact) mass is 374 g/mol. The predicted octanol–water partition coefficient (Wildman–Crippen LogP) is 1.29. The molecule has 0 fully saturated rings. The molecular weight excluding hydrogens is 348 g/mol. The fourth-order valence-corrected chi connectivity index (χ4v) is 2.59. The summed E-state index contributed by atoms with van der Waals surface area (Å²) in [5, 5.41) is 21.1. The van der Waals surface area contributed by atoms with Gasteiger partial charge < -0.3 is 11.1 Å². The van der Waals surface area contributed by atoms with Gasteiger partial charge >= 0.3 is 0 Å². The van der Waals surface area contributed by atoms with Gasteiger partial charge in [0, 0.05) is 12.5 Å². The van der Waals surface area contributed by atoms with E-state index >= 15 is 0 Å². The highest BCUT2D eigenvalue weighted by Crippen LogP contribution is 2.15. The van der Waals surface area contributed by atoms with Crippen LogP contribution >= 0.6 is 0 Å². The highest BCUT2D eigenvalue weighted by molar-refractivity contribution is 5.87. The summed E-state index contributed by atoms with van der Waals surface area (Å²) >= 11 is 0. The highest BCUT2D eigenvalue weighted by atomic mass is 16.5. The number of Topliss-reactive ketones (excluding diaryl/α,β-unsaturated/α-hetero) is 1. The van der Waals surface area contributed by atoms with Crippen molar-refractivity contribution in [2.45, 2.75) is 38.6 Å². The molecule has 0 aromatic heterocycles. The Kier molecular flexibility index (Phi) is 9.72. The van der Waals surface area contributed by atoms with Gasteiger partial charge in [0.25, 0.3) is 0 Å². The van der Waals surface area contributed by atoms with Crippen molar-refractivity contribution in [2.24, 2.45) is 11.7 Å². The fraction of sp³-hybridized carbons (Fsp3) is 0.474. The summed E-state index contributed by atoms with van der Waals surface area (Å²) in [5.74, 6) is -1.20. The minimum atomic E-state index is -0.583. The average molecular weight is 374 g/mol. The number of nitrogens with one attached hydrogen (secondary N) is 1. The molecule has 0 saturated heterocycles. The molecule has 0 radical (unpaired) electrons. The van der Waals surface area contributed by atoms with Crippen LogP contribution in [0.5, 0.6) is 0 Å². The zero-order chi connectivity index (χ0) is 20.2. The number of nitrogens with two attached hydrogens (primary N) is 1. The summed E-state index contributed by atoms with van der Waals surface area (Å²) in [6.07, 6.45) is 2.43. The Hall–Kier alpha value is -2.76. The molecule has 2 amide bonds. The van der Waals surface area contributed by atoms with Crippen molar-refractivity contribution in [1.82, 2.24) is 10.4 Å². The topological polar surface area (TPSA) is 137 Å². The molecule has 0 aliphatic rings. The van der Waals surface area contributed by atoms with Crippen LogP contribution in [0.4, 0.5) is 0 Å². The van der Waals surface area contributed by atoms with E-state index in [9.17, 15) is 19.6 Å². The summed E-state index contributed by atoms with van der Waals surface area (Å²) in [6.45, 7) is 1.69. The number of rotatable bonds is 12. The van der Waals surface area contributed by atoms with Gasteiger partial charge in [0.05, 0.1) is 30.6 Å². The number of hydrogen-bond acceptors (Lipinski definition) is 6. The van der Waals surface area contributed by atoms with Crippen LogP contribution in [0, 0.1) is 17.2 Å². The molecule has 4 N–H and O–H groups in total. The Morgan fingerprint density at radius 3 is 2.59 bits per heavy atom. The predicted molar refractivity (Wildman–Crippen MR) is 98.3 cm³/mol. The molecule has 0 bridgehead atoms. The van der Waals surface area contributed by atoms with Crippen molar-refractivity contribution in [2.75, 3.05) is 13.1 Å². The second-order valence-electron chi connectivity index (χ2n) is 6.37. The van der Waals surface area contributed by atoms with Gasteiger partial charge in [-0.1, -0.05) is 31.9 Å². The van der Waals surface area contributed by atoms with E-state index in [4.69, 9.17) is 11.0 Å². The lowest BCUT2D eigenvalue weighted by Crippen LogP contribution is -2.40. The maximum atomic E-state index is 12.3. The van der Waals surface area contributed by atoms with E-state index in [2.05, 4.69) is 5.32 Å². The van der Waals surface area contributed by atoms with Crippen LogP contribution in [0.2, 0.25) is 0 Å². The van der Waals surface area contributed by atoms with E-state index in [1.807, 2.05) is 13.0 Å². The summed E-state index contributed by atoms with van der Waals surface area (Å²) in [5.41, 5.74) is 7.25. The number of unbranched alkanes of at least 4 members (excludes halogenated alkanes) is 1. The molecule has 1 aromatic rings. The number of carbonyl (C=O) groups excluding carboxylic acids is 3. The Balaban J connectivity index is 2.53. The van der Waals surface area contributed by atoms with Crippen LogP contribution in [0.3, 0.4) is 0 Å². The average Bonchev–Trinajstić information content (AvgIpc) is 2.68. The molecule has 1 rings (SSSR count). The summed E-state index contributed by atoms with van der Waals surface area (Å²) in [6, 6.07) is 8.15. The van der Waals surface area contributed by atoms with Gasteiger partial charge in [-0.2, -0.15) is 5.26 Å². The van der Waals surface area contributed by atoms with Gasteiger partial charge in [-0.05, 0) is 24.1 Å². The van der Waals surface area contributed by atoms with Crippen LogP contribution < -0.4 is 11.1 Å². The van der Waals surface area contributed by atoms with Gasteiger partial charge in [0.2, 0.25) is 12.3 Å². The first-order chi connectivity index (χ1) is 12.9. The normalized spacial score (nSPS) is 12.5. The number of hydrogen-bond donors (Lipinski definition) is 3. The molecule has 0 aliphatic heterocycles. The smallest absolute Gasteiger partial charge is 0.233 e. The molecule has 0 heterocycles. The van der Waals surface area contributed by atoms with Crippen molar-refractivity contribution >= 4 is 18.1 Å². The fourth-order valence-electron chi connectivity index (χ4n) is 2.59. The quantitative estimate of drug-likeness (QED) is 0.286. The third-order valence-electron chi connectivity index (χ3n) is 4.18. The second-order valence-corrected chi connectivity index (χ2v) is 6.37. The molecule has 0 saturated carbocycles. The van der Waals surface area contributed by atoms with Crippen molar-refractivity contribution in [3.05, 3.63) is 35.4 Å². The summed E-state index contributed by atoms with van der Waals surface area (Å²) < 4.78 is 0. The molecular formula is C19H26N4O4. The highest BCUT2D eigenvalue weighted by Gasteiger charge is 2.21. The number of hydroxylamine groups is 2. The van der Waals surface area contributed by atoms with Gasteiger partial charge in [-0.15, -0.1) is 0 Å². The molecule has 1 aromatic carbocycles. The van der Waals surface area contributed by atoms with E-state index < -0.39 is 12.0 Å². The third-order valence-corrected chi connectivity index (χ3v) is 4.18. The van der Waals surface area contributed by atoms with Crippen LogP contribution in [-0.2, 0) is 14.4 Å². The molecule has 8 nitrogen and oxygen atoms in total. The minimum absolute atomic E-state index is 0.0479. The van der Waals surface area contributed by atoms with Crippen LogP contribution in [0.1, 0.15) is 49.8 Å². The van der Waals surface area contributed by atoms with Crippen molar-refractivity contribution in [1.29, 1.82) is 5.26 Å². The maximum absolute atomic E-state index is 12.3. The summed E-state index contributed by atoms with van der Waals surface area (Å²) in [7, 11) is 0. The number of ketones is 1. The lowest BCUT2D eigenvalue weighted by molar-refractivity contribution is -0.154. The molecule has 0 aliphatic carbocycles. The molecule has 2 atom stereocenters. The minimum Gasteiger partial charge on any atom is -0.349 e. The Morgan fingerprint density at radius 2 is 2.04 bits per heavy atom. The Morgan fingerprint density at radius 1 is 1.37 bits per heavy atom. The third kappa shape index (κ3) is 7.98. The molecule has 0 spiro atoms. The number of nitrogens with zero attached hydrogens (tertiary/aromatic N) is 2. The van der Waals surface area contributed by atoms with Gasteiger partial charge in [-0.3, -0.25) is 19.6 Å². The lowest BCUT2D eigenvalue weighted by atomic mass is 10.00. The van der Waals surface area contributed by atoms with E-state index in [0.29, 0.717) is 17.0 Å². The molecule has 146 valence electrons. The first-order valence-corrected chi connectivity index (χ1v) is 8.87. The standard InChI is InChI=1S/C19H26N4O4/c1-2-3-4-16(12-23(27)13-24)19(26)22-11-17(25)9-18(21)15-7-5-14(10-20)6-8-15/h5-8,13,16,18,27H,2-4,9,11-12,21H2,1H3,(H,22,26). The van der Waals surface area contributed by atoms with Crippen LogP contribution in [0.15, 0.2) is 24.3 Å². The van der Waals surface area contributed by atoms with E-state index in [1.54, 1.807) is 24.3 Å². The zero-order valence-electron chi connectivity index (χ0n) is 15.4. The van der Waals surface area contributed by atoms with Gasteiger partial charge in [-0.25, -0.2) is 5.06 Å². The molecule has 27 heavy (non-hydrogen) atoms. The Bertz CT molecular complexity index is 669. The van der Waals surface area contributed by atoms with Crippen LogP contribution in [0.25, 0.3) is 0 Å². The van der Waals surface area contributed by atoms with Crippen LogP contribution in [-0.4, -0.2) is 41.5 Å². The second kappa shape index (κ2) is 11.8. The van der Waals surface area contributed by atoms with Gasteiger partial charge in [0.1, 0.15) is 0 Å². The lowest BCUT2D eigenvalue weighted by Gasteiger charge is -2.19. The van der Waals surface area contributed by atoms with E-state index in [-0.39, 0.29) is 37.6 Å². The van der Waals surface area contributed by atoms with Crippen molar-refractivity contribution < 1.29 is 19.6 Å². The molecule has 8 heteroatoms. The zero-order valence-corrected chi connectivity index (χ0v) is 15.4. The van der Waals surface area contributed by atoms with E-state index in [1.165, 1.54) is 0 Å². The number of amides is 2. The molecule has 2 unspecified atom stereocenters. The van der Waals surface area contributed by atoms with Crippen molar-refractivity contribution in [3.63, 3.8) is 0 Å². The van der Waals surface area contributed by atoms with Gasteiger partial charge in [0.15, 0.2) is 5.78 Å². The number of nitriles is 1. The number of carbonyl (C=O) groups is 3. The first-order valence-electron chi connectivity index (χ1n) is 8.87.